The first kappa shape index (κ1) is 17.3. The molecule has 2 rings (SSSR count). The van der Waals surface area contributed by atoms with Gasteiger partial charge in [-0.3, -0.25) is 0 Å². The van der Waals surface area contributed by atoms with E-state index < -0.39 is 11.7 Å². The SMILES string of the molecule is CC.Cc1cccc(OCC2=C(C(F)(F)F)CCC=C2)c1. The Balaban J connectivity index is 0.00000106. The molecule has 0 amide bonds. The van der Waals surface area contributed by atoms with Gasteiger partial charge in [-0.05, 0) is 43.0 Å². The lowest BCUT2D eigenvalue weighted by Gasteiger charge is -2.19. The summed E-state index contributed by atoms with van der Waals surface area (Å²) < 4.78 is 43.9. The van der Waals surface area contributed by atoms with Crippen LogP contribution in [0.3, 0.4) is 0 Å². The largest absolute Gasteiger partial charge is 0.489 e. The fraction of sp³-hybridized carbons (Fsp3) is 0.412. The molecule has 0 spiro atoms. The molecular formula is C17H21F3O. The van der Waals surface area contributed by atoms with Gasteiger partial charge in [0.25, 0.3) is 0 Å². The molecule has 1 aromatic carbocycles. The molecule has 0 unspecified atom stereocenters. The predicted octanol–water partition coefficient (Wildman–Crippen LogP) is 5.61. The molecule has 0 heterocycles. The van der Waals surface area contributed by atoms with Crippen molar-refractivity contribution in [3.8, 4) is 5.75 Å². The quantitative estimate of drug-likeness (QED) is 0.705. The molecule has 0 aromatic heterocycles. The van der Waals surface area contributed by atoms with Crippen LogP contribution in [0.15, 0.2) is 47.6 Å². The molecule has 116 valence electrons. The van der Waals surface area contributed by atoms with Crippen LogP contribution in [-0.2, 0) is 0 Å². The zero-order valence-corrected chi connectivity index (χ0v) is 12.6. The molecule has 0 aliphatic heterocycles. The van der Waals surface area contributed by atoms with E-state index in [1.165, 1.54) is 6.08 Å². The van der Waals surface area contributed by atoms with E-state index in [1.807, 2.05) is 32.9 Å². The number of benzene rings is 1. The first-order valence-corrected chi connectivity index (χ1v) is 7.12. The lowest BCUT2D eigenvalue weighted by molar-refractivity contribution is -0.0951. The highest BCUT2D eigenvalue weighted by atomic mass is 19.4. The number of allylic oxidation sites excluding steroid dienone is 2. The number of hydrogen-bond donors (Lipinski definition) is 0. The number of halogens is 3. The van der Waals surface area contributed by atoms with E-state index in [2.05, 4.69) is 0 Å². The first-order chi connectivity index (χ1) is 9.97. The highest BCUT2D eigenvalue weighted by Gasteiger charge is 2.35. The van der Waals surface area contributed by atoms with E-state index >= 15 is 0 Å². The minimum atomic E-state index is -4.27. The number of ether oxygens (including phenoxy) is 1. The van der Waals surface area contributed by atoms with Gasteiger partial charge in [0.15, 0.2) is 0 Å². The fourth-order valence-electron chi connectivity index (χ4n) is 2.04. The molecule has 0 saturated heterocycles. The second-order valence-corrected chi connectivity index (χ2v) is 4.55. The lowest BCUT2D eigenvalue weighted by atomic mass is 9.97. The van der Waals surface area contributed by atoms with E-state index in [1.54, 1.807) is 18.2 Å². The van der Waals surface area contributed by atoms with Crippen LogP contribution in [0.4, 0.5) is 13.2 Å². The predicted molar refractivity (Wildman–Crippen MR) is 79.5 cm³/mol. The Hall–Kier alpha value is -1.71. The highest BCUT2D eigenvalue weighted by Crippen LogP contribution is 2.34. The molecular weight excluding hydrogens is 277 g/mol. The van der Waals surface area contributed by atoms with E-state index in [9.17, 15) is 13.2 Å². The van der Waals surface area contributed by atoms with Gasteiger partial charge in [0.2, 0.25) is 0 Å². The molecule has 0 saturated carbocycles. The zero-order chi connectivity index (χ0) is 15.9. The summed E-state index contributed by atoms with van der Waals surface area (Å²) in [6, 6.07) is 7.28. The third-order valence-electron chi connectivity index (χ3n) is 2.99. The maximum atomic E-state index is 12.8. The zero-order valence-electron chi connectivity index (χ0n) is 12.6. The van der Waals surface area contributed by atoms with Gasteiger partial charge in [-0.25, -0.2) is 0 Å². The Morgan fingerprint density at radius 3 is 2.52 bits per heavy atom. The Labute approximate surface area is 124 Å². The van der Waals surface area contributed by atoms with Gasteiger partial charge in [0, 0.05) is 5.57 Å². The molecule has 1 aromatic rings. The molecule has 1 aliphatic carbocycles. The maximum absolute atomic E-state index is 12.8. The normalized spacial score (nSPS) is 14.6. The Morgan fingerprint density at radius 2 is 1.90 bits per heavy atom. The fourth-order valence-corrected chi connectivity index (χ4v) is 2.04. The maximum Gasteiger partial charge on any atom is 0.413 e. The van der Waals surface area contributed by atoms with Gasteiger partial charge in [0.05, 0.1) is 0 Å². The van der Waals surface area contributed by atoms with Crippen LogP contribution in [0.1, 0.15) is 32.3 Å². The van der Waals surface area contributed by atoms with Gasteiger partial charge in [-0.2, -0.15) is 13.2 Å². The van der Waals surface area contributed by atoms with Crippen LogP contribution in [0, 0.1) is 6.92 Å². The summed E-state index contributed by atoms with van der Waals surface area (Å²) in [5.74, 6) is 0.591. The lowest BCUT2D eigenvalue weighted by Crippen LogP contribution is -2.18. The summed E-state index contributed by atoms with van der Waals surface area (Å²) in [6.45, 7) is 5.86. The van der Waals surface area contributed by atoms with Crippen molar-refractivity contribution in [1.82, 2.24) is 0 Å². The Kier molecular flexibility index (Phi) is 6.53. The number of alkyl halides is 3. The minimum Gasteiger partial charge on any atom is -0.489 e. The van der Waals surface area contributed by atoms with Crippen molar-refractivity contribution in [1.29, 1.82) is 0 Å². The van der Waals surface area contributed by atoms with Gasteiger partial charge >= 0.3 is 6.18 Å². The molecule has 0 bridgehead atoms. The third kappa shape index (κ3) is 5.29. The molecule has 0 radical (unpaired) electrons. The number of rotatable bonds is 3. The molecule has 0 fully saturated rings. The summed E-state index contributed by atoms with van der Waals surface area (Å²) in [7, 11) is 0. The van der Waals surface area contributed by atoms with Crippen LogP contribution in [0.5, 0.6) is 5.75 Å². The standard InChI is InChI=1S/C15H15F3O.C2H6/c1-11-5-4-7-13(9-11)19-10-12-6-2-3-8-14(12)15(16,17)18;1-2/h2,4-7,9H,3,8,10H2,1H3;1-2H3. The topological polar surface area (TPSA) is 9.23 Å². The molecule has 21 heavy (non-hydrogen) atoms. The van der Waals surface area contributed by atoms with Crippen molar-refractivity contribution < 1.29 is 17.9 Å². The van der Waals surface area contributed by atoms with E-state index in [0.717, 1.165) is 5.56 Å². The molecule has 1 aliphatic rings. The second kappa shape index (κ2) is 7.91. The third-order valence-corrected chi connectivity index (χ3v) is 2.99. The second-order valence-electron chi connectivity index (χ2n) is 4.55. The summed E-state index contributed by atoms with van der Waals surface area (Å²) in [5.41, 5.74) is 0.768. The summed E-state index contributed by atoms with van der Waals surface area (Å²) in [4.78, 5) is 0. The number of aryl methyl sites for hydroxylation is 1. The van der Waals surface area contributed by atoms with Crippen LogP contribution >= 0.6 is 0 Å². The minimum absolute atomic E-state index is 0.0342. The van der Waals surface area contributed by atoms with Crippen LogP contribution in [-0.4, -0.2) is 12.8 Å². The Bertz CT molecular complexity index is 513. The number of hydrogen-bond acceptors (Lipinski definition) is 1. The van der Waals surface area contributed by atoms with Crippen molar-refractivity contribution in [2.24, 2.45) is 0 Å². The summed E-state index contributed by atoms with van der Waals surface area (Å²) >= 11 is 0. The van der Waals surface area contributed by atoms with Crippen molar-refractivity contribution in [3.05, 3.63) is 53.1 Å². The van der Waals surface area contributed by atoms with Crippen molar-refractivity contribution >= 4 is 0 Å². The molecule has 1 nitrogen and oxygen atoms in total. The Morgan fingerprint density at radius 1 is 1.19 bits per heavy atom. The van der Waals surface area contributed by atoms with Crippen molar-refractivity contribution in [2.45, 2.75) is 39.8 Å². The smallest absolute Gasteiger partial charge is 0.413 e. The van der Waals surface area contributed by atoms with Gasteiger partial charge < -0.3 is 4.74 Å². The van der Waals surface area contributed by atoms with Crippen molar-refractivity contribution in [3.63, 3.8) is 0 Å². The van der Waals surface area contributed by atoms with Crippen LogP contribution < -0.4 is 4.74 Å². The molecule has 0 N–H and O–H groups in total. The van der Waals surface area contributed by atoms with Gasteiger partial charge in [0.1, 0.15) is 12.4 Å². The first-order valence-electron chi connectivity index (χ1n) is 7.12. The molecule has 4 heteroatoms. The monoisotopic (exact) mass is 298 g/mol. The van der Waals surface area contributed by atoms with Gasteiger partial charge in [-0.15, -0.1) is 0 Å². The average Bonchev–Trinajstić information content (AvgIpc) is 2.47. The van der Waals surface area contributed by atoms with E-state index in [-0.39, 0.29) is 18.6 Å². The molecule has 0 atom stereocenters. The summed E-state index contributed by atoms with van der Waals surface area (Å²) in [5, 5.41) is 0. The van der Waals surface area contributed by atoms with E-state index in [4.69, 9.17) is 4.74 Å². The average molecular weight is 298 g/mol. The highest BCUT2D eigenvalue weighted by molar-refractivity contribution is 5.34. The van der Waals surface area contributed by atoms with Gasteiger partial charge in [-0.1, -0.05) is 38.1 Å². The van der Waals surface area contributed by atoms with E-state index in [0.29, 0.717) is 12.2 Å². The van der Waals surface area contributed by atoms with Crippen molar-refractivity contribution in [2.75, 3.05) is 6.61 Å². The van der Waals surface area contributed by atoms with Crippen LogP contribution in [0.2, 0.25) is 0 Å². The summed E-state index contributed by atoms with van der Waals surface area (Å²) in [6.07, 6.45) is -0.530. The van der Waals surface area contributed by atoms with Crippen LogP contribution in [0.25, 0.3) is 0 Å².